The third-order valence-electron chi connectivity index (χ3n) is 2.73. The van der Waals surface area contributed by atoms with Gasteiger partial charge in [-0.2, -0.15) is 0 Å². The molecule has 17 heavy (non-hydrogen) atoms. The minimum absolute atomic E-state index is 0.212. The first-order chi connectivity index (χ1) is 8.19. The van der Waals surface area contributed by atoms with Crippen molar-refractivity contribution in [3.05, 3.63) is 28.2 Å². The lowest BCUT2D eigenvalue weighted by Crippen LogP contribution is -1.99. The molecule has 0 aliphatic heterocycles. The average molecular weight is 299 g/mol. The zero-order chi connectivity index (χ0) is 12.7. The van der Waals surface area contributed by atoms with Crippen molar-refractivity contribution in [2.45, 2.75) is 39.0 Å². The van der Waals surface area contributed by atoms with E-state index in [1.54, 1.807) is 7.11 Å². The van der Waals surface area contributed by atoms with Crippen LogP contribution in [-0.4, -0.2) is 12.9 Å². The topological polar surface area (TPSA) is 26.3 Å². The predicted molar refractivity (Wildman–Crippen MR) is 73.8 cm³/mol. The summed E-state index contributed by atoms with van der Waals surface area (Å²) < 4.78 is 5.97. The fourth-order valence-electron chi connectivity index (χ4n) is 1.70. The molecular weight excluding hydrogens is 280 g/mol. The van der Waals surface area contributed by atoms with Gasteiger partial charge in [-0.15, -0.1) is 0 Å². The van der Waals surface area contributed by atoms with Gasteiger partial charge in [0, 0.05) is 12.0 Å². The van der Waals surface area contributed by atoms with Crippen molar-refractivity contribution in [2.75, 3.05) is 7.11 Å². The second kappa shape index (κ2) is 7.49. The minimum Gasteiger partial charge on any atom is -0.496 e. The molecule has 1 rings (SSSR count). The van der Waals surface area contributed by atoms with Gasteiger partial charge in [-0.05, 0) is 40.5 Å². The molecule has 0 amide bonds. The van der Waals surface area contributed by atoms with E-state index in [2.05, 4.69) is 22.9 Å². The van der Waals surface area contributed by atoms with Crippen molar-refractivity contribution in [3.8, 4) is 5.75 Å². The van der Waals surface area contributed by atoms with Crippen molar-refractivity contribution < 1.29 is 9.53 Å². The lowest BCUT2D eigenvalue weighted by Gasteiger charge is -2.05. The fraction of sp³-hybridized carbons (Fsp3) is 0.500. The van der Waals surface area contributed by atoms with E-state index in [0.717, 1.165) is 28.6 Å². The van der Waals surface area contributed by atoms with Crippen LogP contribution in [0.4, 0.5) is 0 Å². The number of halogens is 1. The van der Waals surface area contributed by atoms with Crippen LogP contribution in [0.1, 0.15) is 49.4 Å². The summed E-state index contributed by atoms with van der Waals surface area (Å²) in [6.45, 7) is 2.17. The minimum atomic E-state index is 0.212. The van der Waals surface area contributed by atoms with Crippen LogP contribution in [0.15, 0.2) is 22.7 Å². The Morgan fingerprint density at radius 2 is 2.06 bits per heavy atom. The quantitative estimate of drug-likeness (QED) is 0.543. The predicted octanol–water partition coefficient (Wildman–Crippen LogP) is 4.61. The second-order valence-corrected chi connectivity index (χ2v) is 4.94. The van der Waals surface area contributed by atoms with E-state index in [1.165, 1.54) is 12.8 Å². The summed E-state index contributed by atoms with van der Waals surface area (Å²) in [5.41, 5.74) is 0.758. The third kappa shape index (κ3) is 4.50. The molecule has 0 aliphatic carbocycles. The maximum absolute atomic E-state index is 11.9. The maximum Gasteiger partial charge on any atom is 0.162 e. The van der Waals surface area contributed by atoms with Crippen LogP contribution >= 0.6 is 15.9 Å². The first-order valence-electron chi connectivity index (χ1n) is 6.05. The molecule has 94 valence electrons. The van der Waals surface area contributed by atoms with Gasteiger partial charge < -0.3 is 4.74 Å². The largest absolute Gasteiger partial charge is 0.496 e. The number of ether oxygens (including phenoxy) is 1. The van der Waals surface area contributed by atoms with E-state index in [9.17, 15) is 4.79 Å². The van der Waals surface area contributed by atoms with Crippen molar-refractivity contribution >= 4 is 21.7 Å². The van der Waals surface area contributed by atoms with Crippen LogP contribution in [0.5, 0.6) is 5.75 Å². The number of rotatable bonds is 7. The van der Waals surface area contributed by atoms with Crippen LogP contribution in [0.25, 0.3) is 0 Å². The van der Waals surface area contributed by atoms with Crippen LogP contribution in [-0.2, 0) is 0 Å². The highest BCUT2D eigenvalue weighted by molar-refractivity contribution is 9.10. The highest BCUT2D eigenvalue weighted by Gasteiger charge is 2.08. The SMILES string of the molecule is CCCCCCC(=O)c1ccc(OC)c(Br)c1. The van der Waals surface area contributed by atoms with Crippen molar-refractivity contribution in [3.63, 3.8) is 0 Å². The number of unbranched alkanes of at least 4 members (excludes halogenated alkanes) is 3. The number of benzene rings is 1. The Labute approximate surface area is 111 Å². The lowest BCUT2D eigenvalue weighted by atomic mass is 10.0. The van der Waals surface area contributed by atoms with Gasteiger partial charge in [0.05, 0.1) is 11.6 Å². The molecule has 0 aliphatic rings. The molecule has 0 saturated carbocycles. The van der Waals surface area contributed by atoms with Crippen molar-refractivity contribution in [2.24, 2.45) is 0 Å². The highest BCUT2D eigenvalue weighted by atomic mass is 79.9. The number of methoxy groups -OCH3 is 1. The summed E-state index contributed by atoms with van der Waals surface area (Å²) in [7, 11) is 1.62. The van der Waals surface area contributed by atoms with Gasteiger partial charge in [0.25, 0.3) is 0 Å². The van der Waals surface area contributed by atoms with E-state index >= 15 is 0 Å². The summed E-state index contributed by atoms with van der Waals surface area (Å²) in [6, 6.07) is 5.48. The standard InChI is InChI=1S/C14H19BrO2/c1-3-4-5-6-7-13(16)11-8-9-14(17-2)12(15)10-11/h8-10H,3-7H2,1-2H3. The number of ketones is 1. The Kier molecular flexibility index (Phi) is 6.27. The Balaban J connectivity index is 2.54. The first kappa shape index (κ1) is 14.2. The van der Waals surface area contributed by atoms with Crippen LogP contribution in [0.3, 0.4) is 0 Å². The van der Waals surface area contributed by atoms with Crippen LogP contribution in [0.2, 0.25) is 0 Å². The van der Waals surface area contributed by atoms with Gasteiger partial charge in [-0.3, -0.25) is 4.79 Å². The number of carbonyl (C=O) groups excluding carboxylic acids is 1. The number of hydrogen-bond donors (Lipinski definition) is 0. The average Bonchev–Trinajstić information content (AvgIpc) is 2.34. The summed E-state index contributed by atoms with van der Waals surface area (Å²) in [5.74, 6) is 0.969. The van der Waals surface area contributed by atoms with Gasteiger partial charge in [-0.1, -0.05) is 26.2 Å². The maximum atomic E-state index is 11.9. The third-order valence-corrected chi connectivity index (χ3v) is 3.35. The molecule has 0 unspecified atom stereocenters. The summed E-state index contributed by atoms with van der Waals surface area (Å²) in [6.07, 6.45) is 5.16. The zero-order valence-corrected chi connectivity index (χ0v) is 12.0. The van der Waals surface area contributed by atoms with Crippen LogP contribution < -0.4 is 4.74 Å². The van der Waals surface area contributed by atoms with E-state index in [4.69, 9.17) is 4.74 Å². The second-order valence-electron chi connectivity index (χ2n) is 4.08. The van der Waals surface area contributed by atoms with Gasteiger partial charge in [0.1, 0.15) is 5.75 Å². The molecule has 0 heterocycles. The summed E-state index contributed by atoms with van der Waals surface area (Å²) in [5, 5.41) is 0. The molecule has 0 fully saturated rings. The molecule has 1 aromatic rings. The fourth-order valence-corrected chi connectivity index (χ4v) is 2.24. The van der Waals surface area contributed by atoms with E-state index in [-0.39, 0.29) is 5.78 Å². The summed E-state index contributed by atoms with van der Waals surface area (Å²) >= 11 is 3.39. The molecule has 0 aromatic heterocycles. The first-order valence-corrected chi connectivity index (χ1v) is 6.85. The Hall–Kier alpha value is -0.830. The summed E-state index contributed by atoms with van der Waals surface area (Å²) in [4.78, 5) is 11.9. The van der Waals surface area contributed by atoms with Crippen molar-refractivity contribution in [1.82, 2.24) is 0 Å². The molecule has 1 aromatic carbocycles. The highest BCUT2D eigenvalue weighted by Crippen LogP contribution is 2.26. The van der Waals surface area contributed by atoms with E-state index in [1.807, 2.05) is 18.2 Å². The zero-order valence-electron chi connectivity index (χ0n) is 10.5. The normalized spacial score (nSPS) is 10.3. The Morgan fingerprint density at radius 1 is 1.29 bits per heavy atom. The molecule has 0 radical (unpaired) electrons. The number of Topliss-reactive ketones (excluding diaryl/α,β-unsaturated/α-hetero) is 1. The molecular formula is C14H19BrO2. The Bertz CT molecular complexity index is 374. The molecule has 3 heteroatoms. The van der Waals surface area contributed by atoms with E-state index in [0.29, 0.717) is 6.42 Å². The number of carbonyl (C=O) groups is 1. The number of hydrogen-bond acceptors (Lipinski definition) is 2. The molecule has 0 saturated heterocycles. The van der Waals surface area contributed by atoms with Gasteiger partial charge in [-0.25, -0.2) is 0 Å². The Morgan fingerprint density at radius 3 is 2.65 bits per heavy atom. The molecule has 0 bridgehead atoms. The van der Waals surface area contributed by atoms with E-state index < -0.39 is 0 Å². The molecule has 2 nitrogen and oxygen atoms in total. The van der Waals surface area contributed by atoms with Gasteiger partial charge >= 0.3 is 0 Å². The van der Waals surface area contributed by atoms with Crippen LogP contribution in [0, 0.1) is 0 Å². The molecule has 0 atom stereocenters. The lowest BCUT2D eigenvalue weighted by molar-refractivity contribution is 0.0979. The molecule has 0 N–H and O–H groups in total. The van der Waals surface area contributed by atoms with Crippen molar-refractivity contribution in [1.29, 1.82) is 0 Å². The smallest absolute Gasteiger partial charge is 0.162 e. The molecule has 0 spiro atoms. The monoisotopic (exact) mass is 298 g/mol. The van der Waals surface area contributed by atoms with Gasteiger partial charge in [0.2, 0.25) is 0 Å². The van der Waals surface area contributed by atoms with Gasteiger partial charge in [0.15, 0.2) is 5.78 Å².